The Balaban J connectivity index is 2.26. The zero-order valence-electron chi connectivity index (χ0n) is 9.98. The van der Waals surface area contributed by atoms with Gasteiger partial charge in [-0.05, 0) is 52.1 Å². The van der Waals surface area contributed by atoms with Crippen molar-refractivity contribution in [2.45, 2.75) is 4.90 Å². The summed E-state index contributed by atoms with van der Waals surface area (Å²) < 4.78 is 16.0. The molecule has 0 atom stereocenters. The van der Waals surface area contributed by atoms with E-state index in [1.165, 1.54) is 18.0 Å². The summed E-state index contributed by atoms with van der Waals surface area (Å²) in [6.07, 6.45) is 0. The van der Waals surface area contributed by atoms with Crippen LogP contribution in [0.25, 0.3) is 0 Å². The molecule has 3 rings (SSSR count). The van der Waals surface area contributed by atoms with Crippen LogP contribution in [0.3, 0.4) is 0 Å². The van der Waals surface area contributed by atoms with Crippen LogP contribution >= 0.6 is 27.9 Å². The molecule has 0 aromatic heterocycles. The van der Waals surface area contributed by atoms with Gasteiger partial charge in [0.2, 0.25) is 0 Å². The maximum absolute atomic E-state index is 13.7. The van der Waals surface area contributed by atoms with Crippen molar-refractivity contribution in [3.8, 4) is 0 Å². The van der Waals surface area contributed by atoms with Crippen molar-refractivity contribution in [3.63, 3.8) is 0 Å². The average Bonchev–Trinajstić information content (AvgIpc) is 2.50. The molecule has 0 amide bonds. The minimum atomic E-state index is -0.422. The highest BCUT2D eigenvalue weighted by atomic mass is 79.9. The van der Waals surface area contributed by atoms with E-state index in [0.29, 0.717) is 15.6 Å². The van der Waals surface area contributed by atoms with Crippen molar-refractivity contribution in [1.29, 1.82) is 0 Å². The van der Waals surface area contributed by atoms with Gasteiger partial charge in [0.05, 0.1) is 10.2 Å². The van der Waals surface area contributed by atoms with Crippen LogP contribution in [0.5, 0.6) is 0 Å². The van der Waals surface area contributed by atoms with Crippen LogP contribution in [-0.4, -0.2) is 12.8 Å². The summed E-state index contributed by atoms with van der Waals surface area (Å²) in [7, 11) is 1.89. The van der Waals surface area contributed by atoms with E-state index < -0.39 is 5.82 Å². The summed E-state index contributed by atoms with van der Waals surface area (Å²) in [6.45, 7) is 0. The Bertz CT molecular complexity index is 689. The molecule has 0 bridgehead atoms. The smallest absolute Gasteiger partial charge is 0.196 e. The number of anilines is 1. The molecule has 0 saturated carbocycles. The number of ketones is 1. The number of nitrogens with zero attached hydrogens (tertiary/aromatic N) is 1. The van der Waals surface area contributed by atoms with E-state index in [-0.39, 0.29) is 5.78 Å². The zero-order chi connectivity index (χ0) is 13.6. The number of halogens is 2. The number of benzene rings is 2. The Morgan fingerprint density at radius 1 is 1.21 bits per heavy atom. The molecule has 0 aliphatic carbocycles. The Hall–Kier alpha value is -1.33. The van der Waals surface area contributed by atoms with Crippen molar-refractivity contribution < 1.29 is 9.18 Å². The molecule has 0 unspecified atom stereocenters. The predicted molar refractivity (Wildman–Crippen MR) is 78.2 cm³/mol. The van der Waals surface area contributed by atoms with E-state index in [1.54, 1.807) is 12.1 Å². The monoisotopic (exact) mass is 337 g/mol. The Kier molecular flexibility index (Phi) is 3.11. The van der Waals surface area contributed by atoms with Crippen LogP contribution < -0.4 is 4.31 Å². The van der Waals surface area contributed by atoms with Crippen LogP contribution in [0.2, 0.25) is 0 Å². The maximum Gasteiger partial charge on any atom is 0.196 e. The van der Waals surface area contributed by atoms with Crippen LogP contribution in [0.4, 0.5) is 10.1 Å². The number of fused-ring (bicyclic) bond motifs is 2. The lowest BCUT2D eigenvalue weighted by atomic mass is 10.0. The third kappa shape index (κ3) is 2.07. The molecule has 19 heavy (non-hydrogen) atoms. The fourth-order valence-electron chi connectivity index (χ4n) is 2.06. The molecule has 0 saturated heterocycles. The van der Waals surface area contributed by atoms with Gasteiger partial charge in [0.25, 0.3) is 0 Å². The normalized spacial score (nSPS) is 13.8. The molecule has 0 fully saturated rings. The SMILES string of the molecule is CN1Sc2cc(Br)c(F)cc2C(=O)c2ccccc21. The van der Waals surface area contributed by atoms with E-state index in [2.05, 4.69) is 15.9 Å². The van der Waals surface area contributed by atoms with Gasteiger partial charge in [-0.25, -0.2) is 4.39 Å². The molecule has 0 radical (unpaired) electrons. The summed E-state index contributed by atoms with van der Waals surface area (Å²) in [5.41, 5.74) is 1.84. The second-order valence-corrected chi connectivity index (χ2v) is 6.22. The minimum absolute atomic E-state index is 0.145. The first-order valence-corrected chi connectivity index (χ1v) is 7.19. The number of hydrogen-bond donors (Lipinski definition) is 0. The molecule has 96 valence electrons. The predicted octanol–water partition coefficient (Wildman–Crippen LogP) is 4.28. The first-order valence-electron chi connectivity index (χ1n) is 5.62. The van der Waals surface area contributed by atoms with Gasteiger partial charge in [-0.2, -0.15) is 0 Å². The van der Waals surface area contributed by atoms with Crippen LogP contribution in [0, 0.1) is 5.82 Å². The van der Waals surface area contributed by atoms with Crippen LogP contribution in [0.1, 0.15) is 15.9 Å². The number of carbonyl (C=O) groups excluding carboxylic acids is 1. The molecule has 0 N–H and O–H groups in total. The molecule has 1 aliphatic rings. The van der Waals surface area contributed by atoms with E-state index in [9.17, 15) is 9.18 Å². The molecule has 2 nitrogen and oxygen atoms in total. The van der Waals surface area contributed by atoms with Gasteiger partial charge >= 0.3 is 0 Å². The van der Waals surface area contributed by atoms with Gasteiger partial charge in [0, 0.05) is 23.1 Å². The van der Waals surface area contributed by atoms with Crippen molar-refractivity contribution in [2.75, 3.05) is 11.4 Å². The molecule has 1 heterocycles. The average molecular weight is 338 g/mol. The quantitative estimate of drug-likeness (QED) is 0.669. The van der Waals surface area contributed by atoms with Gasteiger partial charge in [0.1, 0.15) is 5.82 Å². The molecule has 1 aliphatic heterocycles. The molecular formula is C14H9BrFNOS. The second kappa shape index (κ2) is 4.65. The summed E-state index contributed by atoms with van der Waals surface area (Å²) in [5, 5.41) is 0. The topological polar surface area (TPSA) is 20.3 Å². The fraction of sp³-hybridized carbons (Fsp3) is 0.0714. The molecule has 2 aromatic carbocycles. The highest BCUT2D eigenvalue weighted by Gasteiger charge is 2.25. The van der Waals surface area contributed by atoms with Gasteiger partial charge in [-0.3, -0.25) is 4.79 Å². The maximum atomic E-state index is 13.7. The Morgan fingerprint density at radius 2 is 1.95 bits per heavy atom. The third-order valence-electron chi connectivity index (χ3n) is 2.99. The van der Waals surface area contributed by atoms with Crippen molar-refractivity contribution in [2.24, 2.45) is 0 Å². The second-order valence-electron chi connectivity index (χ2n) is 4.20. The molecule has 0 spiro atoms. The van der Waals surface area contributed by atoms with Gasteiger partial charge < -0.3 is 4.31 Å². The lowest BCUT2D eigenvalue weighted by molar-refractivity contribution is 0.103. The largest absolute Gasteiger partial charge is 0.314 e. The summed E-state index contributed by atoms with van der Waals surface area (Å²) in [5.74, 6) is -0.566. The first kappa shape index (κ1) is 12.7. The summed E-state index contributed by atoms with van der Waals surface area (Å²) in [4.78, 5) is 13.3. The van der Waals surface area contributed by atoms with E-state index in [0.717, 1.165) is 10.6 Å². The van der Waals surface area contributed by atoms with Crippen molar-refractivity contribution in [3.05, 3.63) is 57.8 Å². The molecule has 5 heteroatoms. The van der Waals surface area contributed by atoms with E-state index in [4.69, 9.17) is 0 Å². The van der Waals surface area contributed by atoms with Gasteiger partial charge in [-0.15, -0.1) is 0 Å². The van der Waals surface area contributed by atoms with Crippen molar-refractivity contribution in [1.82, 2.24) is 0 Å². The fourth-order valence-corrected chi connectivity index (χ4v) is 3.53. The highest BCUT2D eigenvalue weighted by molar-refractivity contribution is 9.10. The molecule has 2 aromatic rings. The number of rotatable bonds is 0. The highest BCUT2D eigenvalue weighted by Crippen LogP contribution is 2.39. The number of carbonyl (C=O) groups is 1. The minimum Gasteiger partial charge on any atom is -0.314 e. The van der Waals surface area contributed by atoms with E-state index >= 15 is 0 Å². The lowest BCUT2D eigenvalue weighted by Crippen LogP contribution is -2.07. The Morgan fingerprint density at radius 3 is 2.74 bits per heavy atom. The number of hydrogen-bond acceptors (Lipinski definition) is 3. The van der Waals surface area contributed by atoms with Gasteiger partial charge in [0.15, 0.2) is 5.78 Å². The molecular weight excluding hydrogens is 329 g/mol. The third-order valence-corrected chi connectivity index (χ3v) is 4.60. The Labute approximate surface area is 122 Å². The van der Waals surface area contributed by atoms with E-state index in [1.807, 2.05) is 29.6 Å². The summed E-state index contributed by atoms with van der Waals surface area (Å²) in [6, 6.07) is 10.3. The van der Waals surface area contributed by atoms with Crippen molar-refractivity contribution >= 4 is 39.3 Å². The summed E-state index contributed by atoms with van der Waals surface area (Å²) >= 11 is 4.57. The lowest BCUT2D eigenvalue weighted by Gasteiger charge is -2.17. The standard InChI is InChI=1S/C14H9BrFNOS/c1-17-12-5-3-2-4-8(12)14(18)9-6-11(16)10(15)7-13(9)19-17/h2-7H,1H3. The van der Waals surface area contributed by atoms with Gasteiger partial charge in [-0.1, -0.05) is 12.1 Å². The zero-order valence-corrected chi connectivity index (χ0v) is 12.4. The first-order chi connectivity index (χ1) is 9.08. The van der Waals surface area contributed by atoms with Crippen LogP contribution in [-0.2, 0) is 0 Å². The number of para-hydroxylation sites is 1. The van der Waals surface area contributed by atoms with Crippen LogP contribution in [0.15, 0.2) is 45.8 Å².